The van der Waals surface area contributed by atoms with Gasteiger partial charge in [0, 0.05) is 5.02 Å². The monoisotopic (exact) mass is 302 g/mol. The molecular formula is C10H8BrClN2O2. The molecule has 0 saturated carbocycles. The maximum atomic E-state index is 5.87. The second-order valence-electron chi connectivity index (χ2n) is 3.06. The van der Waals surface area contributed by atoms with Crippen LogP contribution in [0.3, 0.4) is 0 Å². The summed E-state index contributed by atoms with van der Waals surface area (Å²) in [5, 5.41) is 4.24. The van der Waals surface area contributed by atoms with E-state index >= 15 is 0 Å². The van der Waals surface area contributed by atoms with Crippen LogP contribution in [0.4, 0.5) is 5.82 Å². The second-order valence-corrected chi connectivity index (χ2v) is 4.28. The van der Waals surface area contributed by atoms with Crippen LogP contribution in [0.5, 0.6) is 5.75 Å². The molecule has 0 unspecified atom stereocenters. The molecule has 0 fully saturated rings. The number of halogens is 2. The minimum absolute atomic E-state index is 0.298. The molecule has 0 saturated heterocycles. The zero-order chi connectivity index (χ0) is 11.7. The van der Waals surface area contributed by atoms with E-state index in [1.165, 1.54) is 0 Å². The van der Waals surface area contributed by atoms with Gasteiger partial charge >= 0.3 is 0 Å². The van der Waals surface area contributed by atoms with Crippen LogP contribution in [0.2, 0.25) is 5.02 Å². The molecule has 84 valence electrons. The minimum atomic E-state index is 0.298. The van der Waals surface area contributed by atoms with Crippen LogP contribution < -0.4 is 10.5 Å². The van der Waals surface area contributed by atoms with E-state index in [2.05, 4.69) is 21.1 Å². The van der Waals surface area contributed by atoms with E-state index in [-0.39, 0.29) is 0 Å². The van der Waals surface area contributed by atoms with E-state index < -0.39 is 0 Å². The summed E-state index contributed by atoms with van der Waals surface area (Å²) in [4.78, 5) is 0. The highest BCUT2D eigenvalue weighted by atomic mass is 79.9. The highest BCUT2D eigenvalue weighted by Gasteiger charge is 2.17. The quantitative estimate of drug-likeness (QED) is 0.924. The molecule has 0 bridgehead atoms. The molecule has 0 spiro atoms. The van der Waals surface area contributed by atoms with Crippen molar-refractivity contribution >= 4 is 33.3 Å². The first-order chi connectivity index (χ1) is 7.63. The third kappa shape index (κ3) is 1.88. The molecule has 1 aromatic carbocycles. The summed E-state index contributed by atoms with van der Waals surface area (Å²) in [5.74, 6) is 1.42. The molecule has 0 aliphatic carbocycles. The van der Waals surface area contributed by atoms with Gasteiger partial charge in [-0.3, -0.25) is 0 Å². The molecule has 2 aromatic rings. The number of aromatic nitrogens is 1. The lowest BCUT2D eigenvalue weighted by Gasteiger charge is -2.06. The van der Waals surface area contributed by atoms with Gasteiger partial charge in [0.25, 0.3) is 0 Å². The fraction of sp³-hybridized carbons (Fsp3) is 0.100. The normalized spacial score (nSPS) is 10.4. The van der Waals surface area contributed by atoms with Crippen LogP contribution in [-0.2, 0) is 0 Å². The highest BCUT2D eigenvalue weighted by Crippen LogP contribution is 2.38. The van der Waals surface area contributed by atoms with Crippen molar-refractivity contribution in [1.29, 1.82) is 0 Å². The summed E-state index contributed by atoms with van der Waals surface area (Å²) in [6, 6.07) is 5.22. The van der Waals surface area contributed by atoms with E-state index in [1.54, 1.807) is 25.3 Å². The fourth-order valence-electron chi connectivity index (χ4n) is 1.31. The van der Waals surface area contributed by atoms with Crippen molar-refractivity contribution in [3.63, 3.8) is 0 Å². The molecule has 6 heteroatoms. The lowest BCUT2D eigenvalue weighted by Crippen LogP contribution is -1.88. The van der Waals surface area contributed by atoms with Gasteiger partial charge in [-0.15, -0.1) is 0 Å². The number of anilines is 1. The Kier molecular flexibility index (Phi) is 3.07. The smallest absolute Gasteiger partial charge is 0.187 e. The van der Waals surface area contributed by atoms with Gasteiger partial charge in [-0.05, 0) is 34.1 Å². The molecule has 1 heterocycles. The van der Waals surface area contributed by atoms with Crippen LogP contribution in [0, 0.1) is 0 Å². The summed E-state index contributed by atoms with van der Waals surface area (Å²) in [5.41, 5.74) is 6.32. The van der Waals surface area contributed by atoms with Gasteiger partial charge < -0.3 is 15.0 Å². The molecule has 4 nitrogen and oxygen atoms in total. The average molecular weight is 304 g/mol. The number of nitrogen functional groups attached to an aromatic ring is 1. The molecule has 16 heavy (non-hydrogen) atoms. The number of ether oxygens (including phenoxy) is 1. The van der Waals surface area contributed by atoms with Crippen molar-refractivity contribution in [3.8, 4) is 17.1 Å². The Hall–Kier alpha value is -1.20. The van der Waals surface area contributed by atoms with Crippen molar-refractivity contribution in [2.24, 2.45) is 0 Å². The zero-order valence-corrected chi connectivity index (χ0v) is 10.7. The molecule has 0 amide bonds. The van der Waals surface area contributed by atoms with Crippen molar-refractivity contribution in [2.45, 2.75) is 0 Å². The van der Waals surface area contributed by atoms with Crippen LogP contribution in [-0.4, -0.2) is 12.3 Å². The van der Waals surface area contributed by atoms with Crippen molar-refractivity contribution < 1.29 is 9.26 Å². The molecule has 0 aliphatic rings. The van der Waals surface area contributed by atoms with Gasteiger partial charge in [-0.2, -0.15) is 0 Å². The van der Waals surface area contributed by atoms with Crippen LogP contribution in [0.1, 0.15) is 0 Å². The number of benzene rings is 1. The first-order valence-electron chi connectivity index (χ1n) is 4.38. The number of hydrogen-bond donors (Lipinski definition) is 1. The number of hydrogen-bond acceptors (Lipinski definition) is 4. The third-order valence-corrected chi connectivity index (χ3v) is 3.07. The maximum Gasteiger partial charge on any atom is 0.187 e. The molecular weight excluding hydrogens is 295 g/mol. The van der Waals surface area contributed by atoms with E-state index in [0.717, 1.165) is 5.56 Å². The van der Waals surface area contributed by atoms with Gasteiger partial charge in [0.05, 0.1) is 12.7 Å². The molecule has 2 rings (SSSR count). The maximum absolute atomic E-state index is 5.87. The number of nitrogens with zero attached hydrogens (tertiary/aromatic N) is 1. The number of methoxy groups -OCH3 is 1. The first kappa shape index (κ1) is 11.3. The van der Waals surface area contributed by atoms with Crippen LogP contribution >= 0.6 is 27.5 Å². The Labute approximate surface area is 105 Å². The van der Waals surface area contributed by atoms with Crippen LogP contribution in [0.15, 0.2) is 27.2 Å². The number of nitrogens with two attached hydrogens (primary N) is 1. The van der Waals surface area contributed by atoms with E-state index in [9.17, 15) is 0 Å². The van der Waals surface area contributed by atoms with Gasteiger partial charge in [-0.1, -0.05) is 16.8 Å². The van der Waals surface area contributed by atoms with E-state index in [4.69, 9.17) is 26.6 Å². The predicted octanol–water partition coefficient (Wildman–Crippen LogP) is 3.35. The topological polar surface area (TPSA) is 61.3 Å². The average Bonchev–Trinajstić information content (AvgIpc) is 2.60. The van der Waals surface area contributed by atoms with Crippen molar-refractivity contribution in [2.75, 3.05) is 12.8 Å². The SMILES string of the molecule is COc1cc(Cl)ccc1-c1onc(N)c1Br. The van der Waals surface area contributed by atoms with Gasteiger partial charge in [-0.25, -0.2) is 0 Å². The molecule has 2 N–H and O–H groups in total. The zero-order valence-electron chi connectivity index (χ0n) is 8.33. The molecule has 1 aromatic heterocycles. The standard InChI is InChI=1S/C10H8BrClN2O2/c1-15-7-4-5(12)2-3-6(7)9-8(11)10(13)14-16-9/h2-4H,1H3,(H2,13,14). The van der Waals surface area contributed by atoms with E-state index in [0.29, 0.717) is 26.8 Å². The third-order valence-electron chi connectivity index (χ3n) is 2.07. The summed E-state index contributed by atoms with van der Waals surface area (Å²) in [6.07, 6.45) is 0. The second kappa shape index (κ2) is 4.35. The molecule has 0 atom stereocenters. The Morgan fingerprint density at radius 1 is 1.50 bits per heavy atom. The van der Waals surface area contributed by atoms with Crippen molar-refractivity contribution in [1.82, 2.24) is 5.16 Å². The summed E-state index contributed by atoms with van der Waals surface area (Å²) in [7, 11) is 1.56. The fourth-order valence-corrected chi connectivity index (χ4v) is 1.83. The highest BCUT2D eigenvalue weighted by molar-refractivity contribution is 9.10. The lowest BCUT2D eigenvalue weighted by atomic mass is 10.1. The predicted molar refractivity (Wildman–Crippen MR) is 65.6 cm³/mol. The summed E-state index contributed by atoms with van der Waals surface area (Å²) in [6.45, 7) is 0. The van der Waals surface area contributed by atoms with Crippen LogP contribution in [0.25, 0.3) is 11.3 Å². The summed E-state index contributed by atoms with van der Waals surface area (Å²) >= 11 is 9.16. The van der Waals surface area contributed by atoms with Gasteiger partial charge in [0.1, 0.15) is 10.2 Å². The Morgan fingerprint density at radius 2 is 2.25 bits per heavy atom. The van der Waals surface area contributed by atoms with Crippen molar-refractivity contribution in [3.05, 3.63) is 27.7 Å². The van der Waals surface area contributed by atoms with Gasteiger partial charge in [0.15, 0.2) is 11.6 Å². The Bertz CT molecular complexity index is 528. The van der Waals surface area contributed by atoms with E-state index in [1.807, 2.05) is 0 Å². The Balaban J connectivity index is 2.59. The number of rotatable bonds is 2. The molecule has 0 radical (unpaired) electrons. The molecule has 0 aliphatic heterocycles. The van der Waals surface area contributed by atoms with Gasteiger partial charge in [0.2, 0.25) is 0 Å². The largest absolute Gasteiger partial charge is 0.496 e. The summed E-state index contributed by atoms with van der Waals surface area (Å²) < 4.78 is 10.9. The Morgan fingerprint density at radius 3 is 2.81 bits per heavy atom. The minimum Gasteiger partial charge on any atom is -0.496 e. The lowest BCUT2D eigenvalue weighted by molar-refractivity contribution is 0.407. The first-order valence-corrected chi connectivity index (χ1v) is 5.55.